The van der Waals surface area contributed by atoms with Crippen molar-refractivity contribution in [1.82, 2.24) is 19.9 Å². The Hall–Kier alpha value is -2.01. The van der Waals surface area contributed by atoms with Crippen LogP contribution in [0.5, 0.6) is 0 Å². The van der Waals surface area contributed by atoms with E-state index < -0.39 is 0 Å². The van der Waals surface area contributed by atoms with Crippen LogP contribution >= 0.6 is 23.2 Å². The molecule has 0 spiro atoms. The van der Waals surface area contributed by atoms with Crippen LogP contribution in [0.15, 0.2) is 42.7 Å². The minimum Gasteiger partial charge on any atom is -0.294 e. The van der Waals surface area contributed by atoms with Crippen molar-refractivity contribution in [1.29, 1.82) is 0 Å². The fourth-order valence-electron chi connectivity index (χ4n) is 3.52. The number of pyridine rings is 1. The molecule has 0 bridgehead atoms. The van der Waals surface area contributed by atoms with Gasteiger partial charge in [-0.05, 0) is 29.8 Å². The minimum atomic E-state index is -0.0210. The van der Waals surface area contributed by atoms with E-state index in [0.29, 0.717) is 10.0 Å². The molecule has 3 aromatic rings. The molecular weight excluding hydrogens is 403 g/mol. The normalized spacial score (nSPS) is 14.7. The molecular formula is C23H24Cl2N4. The predicted octanol–water partition coefficient (Wildman–Crippen LogP) is 5.70. The third-order valence-electron chi connectivity index (χ3n) is 5.07. The summed E-state index contributed by atoms with van der Waals surface area (Å²) in [5.74, 6) is 0.922. The van der Waals surface area contributed by atoms with E-state index in [1.807, 2.05) is 30.6 Å². The highest BCUT2D eigenvalue weighted by Gasteiger charge is 2.23. The molecule has 0 atom stereocenters. The average molecular weight is 427 g/mol. The fraction of sp³-hybridized carbons (Fsp3) is 0.348. The summed E-state index contributed by atoms with van der Waals surface area (Å²) in [4.78, 5) is 16.4. The zero-order valence-electron chi connectivity index (χ0n) is 16.9. The first-order valence-electron chi connectivity index (χ1n) is 9.77. The molecule has 3 heterocycles. The number of hydrogen-bond donors (Lipinski definition) is 0. The van der Waals surface area contributed by atoms with Crippen molar-refractivity contribution in [2.45, 2.75) is 45.7 Å². The molecule has 0 unspecified atom stereocenters. The number of benzene rings is 1. The molecule has 0 saturated heterocycles. The van der Waals surface area contributed by atoms with Gasteiger partial charge in [0.1, 0.15) is 5.82 Å². The molecule has 1 aromatic carbocycles. The van der Waals surface area contributed by atoms with Crippen molar-refractivity contribution >= 4 is 23.2 Å². The Bertz CT molecular complexity index is 1010. The van der Waals surface area contributed by atoms with Gasteiger partial charge in [-0.25, -0.2) is 9.97 Å². The van der Waals surface area contributed by atoms with Gasteiger partial charge in [0.15, 0.2) is 0 Å². The van der Waals surface area contributed by atoms with Crippen LogP contribution in [-0.2, 0) is 24.9 Å². The smallest absolute Gasteiger partial charge is 0.133 e. The number of rotatable bonds is 3. The number of halogens is 2. The quantitative estimate of drug-likeness (QED) is 0.538. The fourth-order valence-corrected chi connectivity index (χ4v) is 4.05. The first-order chi connectivity index (χ1) is 13.8. The van der Waals surface area contributed by atoms with Crippen LogP contribution in [0, 0.1) is 0 Å². The van der Waals surface area contributed by atoms with E-state index in [2.05, 4.69) is 41.7 Å². The monoisotopic (exact) mass is 426 g/mol. The van der Waals surface area contributed by atoms with Gasteiger partial charge in [0.2, 0.25) is 0 Å². The molecule has 0 fully saturated rings. The molecule has 0 N–H and O–H groups in total. The van der Waals surface area contributed by atoms with Crippen molar-refractivity contribution < 1.29 is 0 Å². The van der Waals surface area contributed by atoms with Crippen molar-refractivity contribution in [3.05, 3.63) is 75.4 Å². The van der Waals surface area contributed by atoms with E-state index in [0.717, 1.165) is 43.1 Å². The van der Waals surface area contributed by atoms with E-state index in [9.17, 15) is 0 Å². The maximum atomic E-state index is 6.11. The average Bonchev–Trinajstić information content (AvgIpc) is 2.66. The lowest BCUT2D eigenvalue weighted by Gasteiger charge is -2.29. The first kappa shape index (κ1) is 20.3. The number of hydrogen-bond acceptors (Lipinski definition) is 4. The maximum Gasteiger partial charge on any atom is 0.133 e. The first-order valence-corrected chi connectivity index (χ1v) is 10.5. The van der Waals surface area contributed by atoms with E-state index in [-0.39, 0.29) is 5.41 Å². The van der Waals surface area contributed by atoms with Gasteiger partial charge in [0.05, 0.1) is 5.69 Å². The molecule has 6 heteroatoms. The van der Waals surface area contributed by atoms with Crippen molar-refractivity contribution in [3.63, 3.8) is 0 Å². The lowest BCUT2D eigenvalue weighted by Crippen LogP contribution is -2.32. The van der Waals surface area contributed by atoms with E-state index >= 15 is 0 Å². The Morgan fingerprint density at radius 1 is 1.00 bits per heavy atom. The molecule has 150 valence electrons. The summed E-state index contributed by atoms with van der Waals surface area (Å²) in [6.07, 6.45) is 4.88. The van der Waals surface area contributed by atoms with Gasteiger partial charge in [-0.15, -0.1) is 0 Å². The van der Waals surface area contributed by atoms with E-state index in [1.54, 1.807) is 6.07 Å². The second kappa shape index (κ2) is 8.02. The third kappa shape index (κ3) is 4.77. The Balaban J connectivity index is 1.45. The predicted molar refractivity (Wildman–Crippen MR) is 118 cm³/mol. The highest BCUT2D eigenvalue weighted by molar-refractivity contribution is 6.35. The highest BCUT2D eigenvalue weighted by atomic mass is 35.5. The van der Waals surface area contributed by atoms with Crippen LogP contribution in [0.25, 0.3) is 11.3 Å². The summed E-state index contributed by atoms with van der Waals surface area (Å²) in [6, 6.07) is 9.62. The van der Waals surface area contributed by atoms with Crippen LogP contribution in [0.4, 0.5) is 0 Å². The summed E-state index contributed by atoms with van der Waals surface area (Å²) in [5, 5.41) is 1.23. The molecule has 0 amide bonds. The molecule has 4 rings (SSSR count). The van der Waals surface area contributed by atoms with Gasteiger partial charge in [0, 0.05) is 70.7 Å². The van der Waals surface area contributed by atoms with Crippen LogP contribution in [0.1, 0.15) is 43.4 Å². The van der Waals surface area contributed by atoms with Crippen LogP contribution in [0.2, 0.25) is 10.0 Å². The summed E-state index contributed by atoms with van der Waals surface area (Å²) < 4.78 is 0. The van der Waals surface area contributed by atoms with E-state index in [4.69, 9.17) is 28.2 Å². The Morgan fingerprint density at radius 2 is 1.76 bits per heavy atom. The third-order valence-corrected chi connectivity index (χ3v) is 5.51. The SMILES string of the molecule is CC(C)(C)c1ncc2c(n1)CCN(Cc1ccc(-c3cc(Cl)cc(Cl)c3)nc1)C2. The lowest BCUT2D eigenvalue weighted by molar-refractivity contribution is 0.242. The summed E-state index contributed by atoms with van der Waals surface area (Å²) >= 11 is 12.2. The second-order valence-electron chi connectivity index (χ2n) is 8.59. The second-order valence-corrected chi connectivity index (χ2v) is 9.46. The molecule has 0 aliphatic carbocycles. The van der Waals surface area contributed by atoms with Crippen LogP contribution < -0.4 is 0 Å². The molecule has 2 aromatic heterocycles. The highest BCUT2D eigenvalue weighted by Crippen LogP contribution is 2.27. The van der Waals surface area contributed by atoms with Crippen molar-refractivity contribution in [2.75, 3.05) is 6.54 Å². The Labute approximate surface area is 181 Å². The minimum absolute atomic E-state index is 0.0210. The van der Waals surface area contributed by atoms with Gasteiger partial charge in [-0.2, -0.15) is 0 Å². The Morgan fingerprint density at radius 3 is 2.41 bits per heavy atom. The molecule has 0 radical (unpaired) electrons. The molecule has 1 aliphatic rings. The zero-order valence-corrected chi connectivity index (χ0v) is 18.4. The summed E-state index contributed by atoms with van der Waals surface area (Å²) in [5.41, 5.74) is 5.36. The summed E-state index contributed by atoms with van der Waals surface area (Å²) in [6.45, 7) is 9.16. The van der Waals surface area contributed by atoms with Gasteiger partial charge >= 0.3 is 0 Å². The van der Waals surface area contributed by atoms with Gasteiger partial charge < -0.3 is 0 Å². The van der Waals surface area contributed by atoms with Crippen LogP contribution in [0.3, 0.4) is 0 Å². The topological polar surface area (TPSA) is 41.9 Å². The van der Waals surface area contributed by atoms with Gasteiger partial charge in [-0.3, -0.25) is 9.88 Å². The largest absolute Gasteiger partial charge is 0.294 e. The number of nitrogens with zero attached hydrogens (tertiary/aromatic N) is 4. The maximum absolute atomic E-state index is 6.11. The van der Waals surface area contributed by atoms with Gasteiger partial charge in [-0.1, -0.05) is 50.0 Å². The van der Waals surface area contributed by atoms with Gasteiger partial charge in [0.25, 0.3) is 0 Å². The van der Waals surface area contributed by atoms with Crippen molar-refractivity contribution in [2.24, 2.45) is 0 Å². The number of aromatic nitrogens is 3. The Kier molecular flexibility index (Phi) is 5.60. The van der Waals surface area contributed by atoms with Crippen LogP contribution in [-0.4, -0.2) is 26.4 Å². The molecule has 4 nitrogen and oxygen atoms in total. The number of fused-ring (bicyclic) bond motifs is 1. The molecule has 0 saturated carbocycles. The lowest BCUT2D eigenvalue weighted by atomic mass is 9.95. The van der Waals surface area contributed by atoms with E-state index in [1.165, 1.54) is 16.8 Å². The summed E-state index contributed by atoms with van der Waals surface area (Å²) in [7, 11) is 0. The standard InChI is InChI=1S/C23H24Cl2N4/c1-23(2,3)22-27-12-17-14-29(7-6-21(17)28-22)13-15-4-5-20(26-11-15)16-8-18(24)10-19(25)9-16/h4-5,8-12H,6-7,13-14H2,1-3H3. The zero-order chi connectivity index (χ0) is 20.6. The molecule has 1 aliphatic heterocycles. The van der Waals surface area contributed by atoms with Crippen molar-refractivity contribution in [3.8, 4) is 11.3 Å². The molecule has 29 heavy (non-hydrogen) atoms.